The second-order valence-corrected chi connectivity index (χ2v) is 8.57. The molecule has 8 nitrogen and oxygen atoms in total. The number of phenols is 2. The number of phenolic OH excluding ortho intramolecular Hbond substituents is 2. The van der Waals surface area contributed by atoms with Gasteiger partial charge in [-0.2, -0.15) is 5.10 Å². The zero-order valence-corrected chi connectivity index (χ0v) is 21.0. The molecule has 0 spiro atoms. The molecule has 0 saturated heterocycles. The molecule has 0 radical (unpaired) electrons. The predicted octanol–water partition coefficient (Wildman–Crippen LogP) is 4.68. The van der Waals surface area contributed by atoms with E-state index in [2.05, 4.69) is 17.2 Å². The number of ether oxygens (including phenoxy) is 3. The lowest BCUT2D eigenvalue weighted by Crippen LogP contribution is -2.13. The molecule has 0 fully saturated rings. The molecule has 0 amide bonds. The van der Waals surface area contributed by atoms with Gasteiger partial charge in [-0.25, -0.2) is 4.68 Å². The number of aromatic hydroxyl groups is 2. The number of aromatic nitrogens is 1. The summed E-state index contributed by atoms with van der Waals surface area (Å²) in [6, 6.07) is 18.2. The normalized spacial score (nSPS) is 11.7. The fraction of sp³-hybridized carbons (Fsp3) is 0.185. The van der Waals surface area contributed by atoms with E-state index in [0.717, 1.165) is 17.7 Å². The van der Waals surface area contributed by atoms with Gasteiger partial charge in [-0.1, -0.05) is 30.3 Å². The summed E-state index contributed by atoms with van der Waals surface area (Å²) in [4.78, 5) is 5.48. The molecule has 0 saturated carbocycles. The van der Waals surface area contributed by atoms with Gasteiger partial charge in [0.15, 0.2) is 11.5 Å². The quantitative estimate of drug-likeness (QED) is 0.322. The van der Waals surface area contributed by atoms with Crippen LogP contribution in [0.25, 0.3) is 11.3 Å². The highest BCUT2D eigenvalue weighted by molar-refractivity contribution is 7.07. The average molecular weight is 506 g/mol. The SMILES string of the molecule is COc1cc(-c2csc(=NCCc3ccccc3)n2N=Cc2ccc(O)cc2O)cc(OC)c1OC. The molecule has 3 aromatic carbocycles. The van der Waals surface area contributed by atoms with Gasteiger partial charge >= 0.3 is 0 Å². The fourth-order valence-electron chi connectivity index (χ4n) is 3.63. The Labute approximate surface area is 213 Å². The van der Waals surface area contributed by atoms with E-state index in [1.54, 1.807) is 32.1 Å². The molecule has 0 aliphatic rings. The zero-order chi connectivity index (χ0) is 25.5. The predicted molar refractivity (Wildman–Crippen MR) is 141 cm³/mol. The lowest BCUT2D eigenvalue weighted by Gasteiger charge is -2.14. The molecule has 4 rings (SSSR count). The van der Waals surface area contributed by atoms with E-state index in [1.165, 1.54) is 35.2 Å². The highest BCUT2D eigenvalue weighted by Crippen LogP contribution is 2.41. The van der Waals surface area contributed by atoms with Crippen molar-refractivity contribution in [2.45, 2.75) is 6.42 Å². The summed E-state index contributed by atoms with van der Waals surface area (Å²) < 4.78 is 18.2. The summed E-state index contributed by atoms with van der Waals surface area (Å²) in [6.07, 6.45) is 2.32. The first kappa shape index (κ1) is 24.9. The number of rotatable bonds is 9. The van der Waals surface area contributed by atoms with Crippen molar-refractivity contribution < 1.29 is 24.4 Å². The molecule has 1 aromatic heterocycles. The van der Waals surface area contributed by atoms with Crippen LogP contribution in [0.5, 0.6) is 28.7 Å². The summed E-state index contributed by atoms with van der Waals surface area (Å²) in [5.41, 5.74) is 3.20. The van der Waals surface area contributed by atoms with Gasteiger partial charge in [0, 0.05) is 29.1 Å². The van der Waals surface area contributed by atoms with Crippen molar-refractivity contribution in [2.24, 2.45) is 10.1 Å². The van der Waals surface area contributed by atoms with Gasteiger partial charge in [-0.15, -0.1) is 11.3 Å². The zero-order valence-electron chi connectivity index (χ0n) is 20.2. The van der Waals surface area contributed by atoms with Crippen molar-refractivity contribution in [3.8, 4) is 40.0 Å². The van der Waals surface area contributed by atoms with E-state index in [-0.39, 0.29) is 11.5 Å². The molecular weight excluding hydrogens is 478 g/mol. The summed E-state index contributed by atoms with van der Waals surface area (Å²) in [5.74, 6) is 1.43. The minimum Gasteiger partial charge on any atom is -0.508 e. The number of thiazole rings is 1. The maximum Gasteiger partial charge on any atom is 0.206 e. The first-order valence-corrected chi connectivity index (χ1v) is 12.0. The maximum atomic E-state index is 10.2. The van der Waals surface area contributed by atoms with Crippen molar-refractivity contribution >= 4 is 17.6 Å². The lowest BCUT2D eigenvalue weighted by molar-refractivity contribution is 0.324. The molecule has 186 valence electrons. The van der Waals surface area contributed by atoms with Crippen molar-refractivity contribution in [2.75, 3.05) is 27.9 Å². The number of methoxy groups -OCH3 is 3. The van der Waals surface area contributed by atoms with Crippen LogP contribution in [0.1, 0.15) is 11.1 Å². The third kappa shape index (κ3) is 5.52. The standard InChI is InChI=1S/C27H27N3O5S/c1-33-24-13-20(14-25(34-2)26(24)35-3)22-17-36-27(28-12-11-18-7-5-4-6-8-18)30(22)29-16-19-9-10-21(31)15-23(19)32/h4-10,13-17,31-32H,11-12H2,1-3H3. The van der Waals surface area contributed by atoms with Gasteiger partial charge in [-0.3, -0.25) is 4.99 Å². The highest BCUT2D eigenvalue weighted by atomic mass is 32.1. The largest absolute Gasteiger partial charge is 0.508 e. The molecule has 4 aromatic rings. The van der Waals surface area contributed by atoms with Gasteiger partial charge < -0.3 is 24.4 Å². The Bertz CT molecular complexity index is 1400. The van der Waals surface area contributed by atoms with E-state index in [0.29, 0.717) is 34.2 Å². The van der Waals surface area contributed by atoms with E-state index in [4.69, 9.17) is 19.2 Å². The van der Waals surface area contributed by atoms with Crippen LogP contribution in [0.4, 0.5) is 0 Å². The van der Waals surface area contributed by atoms with Crippen LogP contribution in [-0.4, -0.2) is 49.0 Å². The first-order valence-electron chi connectivity index (χ1n) is 11.2. The molecule has 36 heavy (non-hydrogen) atoms. The van der Waals surface area contributed by atoms with Crippen LogP contribution in [0.15, 0.2) is 76.1 Å². The van der Waals surface area contributed by atoms with Gasteiger partial charge in [0.25, 0.3) is 0 Å². The van der Waals surface area contributed by atoms with Crippen molar-refractivity contribution in [3.05, 3.63) is 82.0 Å². The molecular formula is C27H27N3O5S. The molecule has 0 unspecified atom stereocenters. The second kappa shape index (κ2) is 11.5. The minimum absolute atomic E-state index is 0.0254. The molecule has 0 atom stereocenters. The van der Waals surface area contributed by atoms with E-state index >= 15 is 0 Å². The number of hydrogen-bond donors (Lipinski definition) is 2. The Morgan fingerprint density at radius 2 is 1.64 bits per heavy atom. The molecule has 0 bridgehead atoms. The second-order valence-electron chi connectivity index (χ2n) is 7.73. The maximum absolute atomic E-state index is 10.2. The Kier molecular flexibility index (Phi) is 7.92. The topological polar surface area (TPSA) is 97.8 Å². The van der Waals surface area contributed by atoms with Crippen LogP contribution in [-0.2, 0) is 6.42 Å². The monoisotopic (exact) mass is 505 g/mol. The minimum atomic E-state index is -0.0773. The Balaban J connectivity index is 1.79. The molecule has 9 heteroatoms. The fourth-order valence-corrected chi connectivity index (χ4v) is 4.50. The van der Waals surface area contributed by atoms with E-state index < -0.39 is 0 Å². The van der Waals surface area contributed by atoms with Gasteiger partial charge in [0.1, 0.15) is 11.5 Å². The van der Waals surface area contributed by atoms with Crippen LogP contribution in [0.2, 0.25) is 0 Å². The molecule has 0 aliphatic heterocycles. The third-order valence-corrected chi connectivity index (χ3v) is 6.32. The first-order chi connectivity index (χ1) is 17.5. The van der Waals surface area contributed by atoms with Gasteiger partial charge in [0.2, 0.25) is 10.6 Å². The third-order valence-electron chi connectivity index (χ3n) is 5.46. The average Bonchev–Trinajstić information content (AvgIpc) is 3.30. The summed E-state index contributed by atoms with van der Waals surface area (Å²) in [5, 5.41) is 26.4. The van der Waals surface area contributed by atoms with Crippen LogP contribution in [0.3, 0.4) is 0 Å². The Morgan fingerprint density at radius 3 is 2.28 bits per heavy atom. The Hall–Kier alpha value is -4.24. The van der Waals surface area contributed by atoms with E-state index in [9.17, 15) is 10.2 Å². The van der Waals surface area contributed by atoms with Crippen LogP contribution >= 0.6 is 11.3 Å². The number of hydrogen-bond acceptors (Lipinski definition) is 8. The van der Waals surface area contributed by atoms with E-state index in [1.807, 2.05) is 35.7 Å². The molecule has 0 aliphatic carbocycles. The van der Waals surface area contributed by atoms with Crippen molar-refractivity contribution in [1.82, 2.24) is 4.68 Å². The van der Waals surface area contributed by atoms with Crippen molar-refractivity contribution in [1.29, 1.82) is 0 Å². The molecule has 2 N–H and O–H groups in total. The lowest BCUT2D eigenvalue weighted by atomic mass is 10.1. The van der Waals surface area contributed by atoms with Crippen LogP contribution in [0, 0.1) is 0 Å². The highest BCUT2D eigenvalue weighted by Gasteiger charge is 2.17. The summed E-state index contributed by atoms with van der Waals surface area (Å²) in [6.45, 7) is 0.583. The van der Waals surface area contributed by atoms with Gasteiger partial charge in [-0.05, 0) is 36.2 Å². The summed E-state index contributed by atoms with van der Waals surface area (Å²) in [7, 11) is 4.70. The summed E-state index contributed by atoms with van der Waals surface area (Å²) >= 11 is 1.45. The molecule has 1 heterocycles. The smallest absolute Gasteiger partial charge is 0.206 e. The van der Waals surface area contributed by atoms with Crippen LogP contribution < -0.4 is 19.0 Å². The number of nitrogens with zero attached hydrogens (tertiary/aromatic N) is 3. The Morgan fingerprint density at radius 1 is 0.917 bits per heavy atom. The van der Waals surface area contributed by atoms with Gasteiger partial charge in [0.05, 0.1) is 33.2 Å². The van der Waals surface area contributed by atoms with Crippen molar-refractivity contribution in [3.63, 3.8) is 0 Å². The number of benzene rings is 3.